The molecule has 0 saturated heterocycles. The summed E-state index contributed by atoms with van der Waals surface area (Å²) in [6.07, 6.45) is 0.392. The van der Waals surface area contributed by atoms with Crippen LogP contribution in [0.5, 0.6) is 5.75 Å². The molecule has 1 aromatic rings. The van der Waals surface area contributed by atoms with Crippen molar-refractivity contribution in [2.75, 3.05) is 6.86 Å². The van der Waals surface area contributed by atoms with Gasteiger partial charge in [0.1, 0.15) is 5.75 Å². The van der Waals surface area contributed by atoms with Gasteiger partial charge >= 0.3 is 0 Å². The first-order valence-electron chi connectivity index (χ1n) is 4.20. The summed E-state index contributed by atoms with van der Waals surface area (Å²) in [5.74, 6) is 0.284. The van der Waals surface area contributed by atoms with Crippen LogP contribution in [0.3, 0.4) is 0 Å². The van der Waals surface area contributed by atoms with Crippen molar-refractivity contribution in [3.8, 4) is 5.75 Å². The average Bonchev–Trinajstić information content (AvgIpc) is 2.17. The highest BCUT2D eigenvalue weighted by Gasteiger charge is 2.08. The van der Waals surface area contributed by atoms with E-state index >= 15 is 0 Å². The molecule has 0 aliphatic carbocycles. The van der Waals surface area contributed by atoms with Gasteiger partial charge in [-0.15, -0.1) is 0 Å². The largest absolute Gasteiger partial charge is 0.463 e. The van der Waals surface area contributed by atoms with Gasteiger partial charge in [-0.05, 0) is 18.2 Å². The molecule has 0 fully saturated rings. The van der Waals surface area contributed by atoms with Crippen LogP contribution < -0.4 is 4.74 Å². The zero-order valence-corrected chi connectivity index (χ0v) is 8.47. The summed E-state index contributed by atoms with van der Waals surface area (Å²) in [4.78, 5) is 11.3. The second kappa shape index (κ2) is 4.96. The van der Waals surface area contributed by atoms with Gasteiger partial charge in [0.2, 0.25) is 6.86 Å². The lowest BCUT2D eigenvalue weighted by atomic mass is 10.1. The molecule has 0 N–H and O–H groups in total. The maximum Gasteiger partial charge on any atom is 0.228 e. The third-order valence-electron chi connectivity index (χ3n) is 1.78. The zero-order valence-electron chi connectivity index (χ0n) is 7.72. The number of Topliss-reactive ketones (excluding diaryl/α,β-unsaturated/α-hetero) is 1. The van der Waals surface area contributed by atoms with Gasteiger partial charge in [-0.3, -0.25) is 4.79 Å². The van der Waals surface area contributed by atoms with Crippen LogP contribution in [0.2, 0.25) is 5.02 Å². The highest BCUT2D eigenvalue weighted by Crippen LogP contribution is 2.23. The fourth-order valence-corrected chi connectivity index (χ4v) is 1.34. The lowest BCUT2D eigenvalue weighted by molar-refractivity contribution is 0.0988. The van der Waals surface area contributed by atoms with Crippen LogP contribution in [-0.4, -0.2) is 12.6 Å². The van der Waals surface area contributed by atoms with E-state index in [0.717, 1.165) is 0 Å². The standard InChI is InChI=1S/C10H10ClFO2/c1-2-10(13)8-4-3-7(14-6-12)5-9(8)11/h3-5H,2,6H2,1H3. The van der Waals surface area contributed by atoms with E-state index in [-0.39, 0.29) is 5.78 Å². The maximum atomic E-state index is 11.8. The molecular weight excluding hydrogens is 207 g/mol. The summed E-state index contributed by atoms with van der Waals surface area (Å²) in [6.45, 7) is 0.849. The van der Waals surface area contributed by atoms with Crippen LogP contribution in [-0.2, 0) is 0 Å². The average molecular weight is 217 g/mol. The van der Waals surface area contributed by atoms with Gasteiger partial charge in [-0.1, -0.05) is 18.5 Å². The molecule has 0 radical (unpaired) electrons. The number of alkyl halides is 1. The van der Waals surface area contributed by atoms with Crippen molar-refractivity contribution in [3.05, 3.63) is 28.8 Å². The summed E-state index contributed by atoms with van der Waals surface area (Å²) < 4.78 is 16.4. The van der Waals surface area contributed by atoms with Crippen LogP contribution in [0.4, 0.5) is 4.39 Å². The van der Waals surface area contributed by atoms with E-state index in [1.165, 1.54) is 12.1 Å². The second-order valence-electron chi connectivity index (χ2n) is 2.67. The third-order valence-corrected chi connectivity index (χ3v) is 2.10. The molecule has 0 amide bonds. The summed E-state index contributed by atoms with van der Waals surface area (Å²) in [6, 6.07) is 4.50. The van der Waals surface area contributed by atoms with Crippen LogP contribution in [0.1, 0.15) is 23.7 Å². The lowest BCUT2D eigenvalue weighted by Gasteiger charge is -2.04. The normalized spacial score (nSPS) is 9.93. The van der Waals surface area contributed by atoms with E-state index in [1.54, 1.807) is 13.0 Å². The summed E-state index contributed by atoms with van der Waals surface area (Å²) in [5, 5.41) is 0.294. The van der Waals surface area contributed by atoms with Crippen LogP contribution >= 0.6 is 11.6 Å². The first kappa shape index (κ1) is 11.0. The van der Waals surface area contributed by atoms with Crippen molar-refractivity contribution in [1.29, 1.82) is 0 Å². The van der Waals surface area contributed by atoms with Crippen molar-refractivity contribution in [1.82, 2.24) is 0 Å². The summed E-state index contributed by atoms with van der Waals surface area (Å²) >= 11 is 5.82. The fourth-order valence-electron chi connectivity index (χ4n) is 1.07. The SMILES string of the molecule is CCC(=O)c1ccc(OCF)cc1Cl. The molecule has 0 aliphatic rings. The number of ketones is 1. The van der Waals surface area contributed by atoms with Crippen molar-refractivity contribution >= 4 is 17.4 Å². The first-order valence-corrected chi connectivity index (χ1v) is 4.58. The number of ether oxygens (including phenoxy) is 1. The Morgan fingerprint density at radius 2 is 2.29 bits per heavy atom. The molecule has 0 aromatic heterocycles. The molecule has 0 saturated carbocycles. The van der Waals surface area contributed by atoms with E-state index in [2.05, 4.69) is 4.74 Å². The van der Waals surface area contributed by atoms with Gasteiger partial charge in [0, 0.05) is 12.0 Å². The molecule has 2 nitrogen and oxygen atoms in total. The Morgan fingerprint density at radius 1 is 1.57 bits per heavy atom. The van der Waals surface area contributed by atoms with Gasteiger partial charge in [-0.2, -0.15) is 0 Å². The quantitative estimate of drug-likeness (QED) is 0.723. The topological polar surface area (TPSA) is 26.3 Å². The van der Waals surface area contributed by atoms with Crippen LogP contribution in [0.15, 0.2) is 18.2 Å². The molecule has 76 valence electrons. The molecular formula is C10H10ClFO2. The summed E-state index contributed by atoms with van der Waals surface area (Å²) in [7, 11) is 0. The van der Waals surface area contributed by atoms with Crippen molar-refractivity contribution < 1.29 is 13.9 Å². The molecule has 0 aliphatic heterocycles. The smallest absolute Gasteiger partial charge is 0.228 e. The molecule has 0 spiro atoms. The van der Waals surface area contributed by atoms with E-state index < -0.39 is 6.86 Å². The summed E-state index contributed by atoms with van der Waals surface area (Å²) in [5.41, 5.74) is 0.445. The van der Waals surface area contributed by atoms with Crippen molar-refractivity contribution in [2.24, 2.45) is 0 Å². The van der Waals surface area contributed by atoms with Crippen LogP contribution in [0.25, 0.3) is 0 Å². The molecule has 0 heterocycles. The van der Waals surface area contributed by atoms with Crippen molar-refractivity contribution in [3.63, 3.8) is 0 Å². The van der Waals surface area contributed by atoms with Gasteiger partial charge < -0.3 is 4.74 Å². The van der Waals surface area contributed by atoms with E-state index in [4.69, 9.17) is 11.6 Å². The monoisotopic (exact) mass is 216 g/mol. The van der Waals surface area contributed by atoms with Gasteiger partial charge in [-0.25, -0.2) is 4.39 Å². The fraction of sp³-hybridized carbons (Fsp3) is 0.300. The van der Waals surface area contributed by atoms with Gasteiger partial charge in [0.15, 0.2) is 5.78 Å². The Kier molecular flexibility index (Phi) is 3.89. The van der Waals surface area contributed by atoms with Gasteiger partial charge in [0.25, 0.3) is 0 Å². The number of hydrogen-bond donors (Lipinski definition) is 0. The zero-order chi connectivity index (χ0) is 10.6. The number of rotatable bonds is 4. The predicted octanol–water partition coefficient (Wildman–Crippen LogP) is 3.24. The number of halogens is 2. The minimum Gasteiger partial charge on any atom is -0.463 e. The minimum absolute atomic E-state index is 0.0400. The van der Waals surface area contributed by atoms with E-state index in [1.807, 2.05) is 0 Å². The molecule has 0 unspecified atom stereocenters. The minimum atomic E-state index is -0.905. The first-order chi connectivity index (χ1) is 6.69. The molecule has 4 heteroatoms. The van der Waals surface area contributed by atoms with Crippen LogP contribution in [0, 0.1) is 0 Å². The highest BCUT2D eigenvalue weighted by molar-refractivity contribution is 6.34. The number of hydrogen-bond acceptors (Lipinski definition) is 2. The Balaban J connectivity index is 2.95. The molecule has 1 rings (SSSR count). The van der Waals surface area contributed by atoms with Crippen molar-refractivity contribution in [2.45, 2.75) is 13.3 Å². The molecule has 14 heavy (non-hydrogen) atoms. The molecule has 0 atom stereocenters. The highest BCUT2D eigenvalue weighted by atomic mass is 35.5. The van der Waals surface area contributed by atoms with Gasteiger partial charge in [0.05, 0.1) is 5.02 Å². The Hall–Kier alpha value is -1.09. The van der Waals surface area contributed by atoms with E-state index in [0.29, 0.717) is 22.8 Å². The molecule has 0 bridgehead atoms. The number of carbonyl (C=O) groups excluding carboxylic acids is 1. The number of benzene rings is 1. The Bertz CT molecular complexity index is 339. The van der Waals surface area contributed by atoms with E-state index in [9.17, 15) is 9.18 Å². The lowest BCUT2D eigenvalue weighted by Crippen LogP contribution is -1.98. The predicted molar refractivity (Wildman–Crippen MR) is 52.7 cm³/mol. The molecule has 1 aromatic carbocycles. The second-order valence-corrected chi connectivity index (χ2v) is 3.08. The Morgan fingerprint density at radius 3 is 2.79 bits per heavy atom. The maximum absolute atomic E-state index is 11.8. The Labute approximate surface area is 86.6 Å². The number of carbonyl (C=O) groups is 1. The third kappa shape index (κ3) is 2.45.